The van der Waals surface area contributed by atoms with E-state index in [1.54, 1.807) is 6.92 Å². The van der Waals surface area contributed by atoms with Gasteiger partial charge in [0.15, 0.2) is 0 Å². The molecule has 3 aliphatic rings. The second kappa shape index (κ2) is 16.0. The second-order valence-electron chi connectivity index (χ2n) is 10.7. The Bertz CT molecular complexity index is 874. The van der Waals surface area contributed by atoms with E-state index in [4.69, 9.17) is 0 Å². The molecule has 0 atom stereocenters. The number of aromatic nitrogens is 1. The van der Waals surface area contributed by atoms with Crippen LogP contribution in [0.5, 0.6) is 0 Å². The van der Waals surface area contributed by atoms with Crippen LogP contribution < -0.4 is 10.6 Å². The summed E-state index contributed by atoms with van der Waals surface area (Å²) in [7, 11) is 0. The van der Waals surface area contributed by atoms with Crippen molar-refractivity contribution in [1.82, 2.24) is 15.2 Å². The predicted molar refractivity (Wildman–Crippen MR) is 152 cm³/mol. The van der Waals surface area contributed by atoms with Gasteiger partial charge in [-0.1, -0.05) is 59.0 Å². The Hall–Kier alpha value is -2.15. The summed E-state index contributed by atoms with van der Waals surface area (Å²) in [5.74, 6) is -0.672. The summed E-state index contributed by atoms with van der Waals surface area (Å²) in [6.07, 6.45) is 14.4. The first kappa shape index (κ1) is 31.1. The maximum absolute atomic E-state index is 12.9. The molecule has 1 aromatic heterocycles. The van der Waals surface area contributed by atoms with Crippen molar-refractivity contribution in [2.75, 3.05) is 31.5 Å². The van der Waals surface area contributed by atoms with E-state index in [2.05, 4.69) is 54.3 Å². The fourth-order valence-electron chi connectivity index (χ4n) is 5.09. The third kappa shape index (κ3) is 10.6. The van der Waals surface area contributed by atoms with Crippen LogP contribution in [-0.2, 0) is 4.79 Å². The number of nitrogens with one attached hydrogen (secondary N) is 3. The zero-order valence-electron chi connectivity index (χ0n) is 23.8. The highest BCUT2D eigenvalue weighted by atomic mass is 19.3. The lowest BCUT2D eigenvalue weighted by atomic mass is 9.88. The minimum Gasteiger partial charge on any atom is -0.367 e. The Balaban J connectivity index is 0.000000240. The summed E-state index contributed by atoms with van der Waals surface area (Å²) in [6, 6.07) is 1.99. The Morgan fingerprint density at radius 1 is 1.14 bits per heavy atom. The lowest BCUT2D eigenvalue weighted by molar-refractivity contribution is -0.117. The van der Waals surface area contributed by atoms with E-state index in [1.807, 2.05) is 12.3 Å². The molecule has 0 aromatic carbocycles. The molecule has 0 radical (unpaired) electrons. The zero-order chi connectivity index (χ0) is 27.3. The number of allylic oxidation sites excluding steroid dienone is 1. The van der Waals surface area contributed by atoms with Gasteiger partial charge in [-0.3, -0.25) is 4.79 Å². The summed E-state index contributed by atoms with van der Waals surface area (Å²) in [5.41, 5.74) is 4.34. The quantitative estimate of drug-likeness (QED) is 0.359. The Kier molecular flexibility index (Phi) is 13.4. The molecule has 7 heteroatoms. The van der Waals surface area contributed by atoms with Gasteiger partial charge in [0.1, 0.15) is 5.82 Å². The number of unbranched alkanes of at least 4 members (excludes halogenated alkanes) is 1. The number of piperidine rings is 1. The van der Waals surface area contributed by atoms with Crippen LogP contribution in [0.25, 0.3) is 5.70 Å². The largest absolute Gasteiger partial charge is 0.367 e. The highest BCUT2D eigenvalue weighted by Gasteiger charge is 2.34. The number of fused-ring (bicyclic) bond motifs is 1. The van der Waals surface area contributed by atoms with E-state index in [1.165, 1.54) is 44.1 Å². The maximum atomic E-state index is 12.9. The molecule has 0 unspecified atom stereocenters. The molecule has 1 aliphatic carbocycles. The van der Waals surface area contributed by atoms with E-state index in [0.29, 0.717) is 13.1 Å². The smallest absolute Gasteiger partial charge is 0.250 e. The van der Waals surface area contributed by atoms with Crippen LogP contribution in [0.2, 0.25) is 0 Å². The molecular formula is C30H50F2N4O. The lowest BCUT2D eigenvalue weighted by Crippen LogP contribution is -2.41. The number of nitrogens with zero attached hydrogens (tertiary/aromatic N) is 1. The third-order valence-corrected chi connectivity index (χ3v) is 7.11. The van der Waals surface area contributed by atoms with Gasteiger partial charge in [-0.05, 0) is 49.3 Å². The summed E-state index contributed by atoms with van der Waals surface area (Å²) in [4.78, 5) is 16.8. The van der Waals surface area contributed by atoms with Gasteiger partial charge in [-0.2, -0.15) is 0 Å². The number of hydrogen-bond donors (Lipinski definition) is 3. The average Bonchev–Trinajstić information content (AvgIpc) is 3.35. The van der Waals surface area contributed by atoms with Crippen LogP contribution in [0, 0.1) is 5.92 Å². The van der Waals surface area contributed by atoms with E-state index >= 15 is 0 Å². The number of aromatic amines is 1. The number of hydrogen-bond acceptors (Lipinski definition) is 3. The third-order valence-electron chi connectivity index (χ3n) is 7.11. The van der Waals surface area contributed by atoms with E-state index in [-0.39, 0.29) is 18.7 Å². The van der Waals surface area contributed by atoms with Crippen molar-refractivity contribution in [2.24, 2.45) is 5.92 Å². The number of rotatable bonds is 6. The highest BCUT2D eigenvalue weighted by molar-refractivity contribution is 5.91. The molecule has 0 spiro atoms. The first-order valence-corrected chi connectivity index (χ1v) is 14.4. The minimum atomic E-state index is -2.39. The van der Waals surface area contributed by atoms with Crippen molar-refractivity contribution in [3.8, 4) is 0 Å². The van der Waals surface area contributed by atoms with Gasteiger partial charge in [-0.15, -0.1) is 0 Å². The SMILES string of the molecule is CCC.CCC/C=C(/C)C1=C(NC(C)=O)c2cc[nH]c2NC1.FC1(F)CCN(CC2CCCCC2)CC1. The van der Waals surface area contributed by atoms with Crippen LogP contribution in [0.4, 0.5) is 14.6 Å². The van der Waals surface area contributed by atoms with E-state index < -0.39 is 5.92 Å². The average molecular weight is 521 g/mol. The van der Waals surface area contributed by atoms with Crippen LogP contribution in [-0.4, -0.2) is 47.9 Å². The van der Waals surface area contributed by atoms with Gasteiger partial charge in [0.2, 0.25) is 5.91 Å². The fraction of sp³-hybridized carbons (Fsp3) is 0.700. The van der Waals surface area contributed by atoms with Crippen molar-refractivity contribution in [3.05, 3.63) is 35.0 Å². The minimum absolute atomic E-state index is 0.0372. The van der Waals surface area contributed by atoms with Gasteiger partial charge in [-0.25, -0.2) is 8.78 Å². The van der Waals surface area contributed by atoms with Gasteiger partial charge in [0, 0.05) is 57.7 Å². The van der Waals surface area contributed by atoms with E-state index in [0.717, 1.165) is 54.5 Å². The number of alkyl halides is 2. The summed E-state index contributed by atoms with van der Waals surface area (Å²) in [6.45, 7) is 13.1. The molecule has 1 amide bonds. The Labute approximate surface area is 223 Å². The number of amides is 1. The highest BCUT2D eigenvalue weighted by Crippen LogP contribution is 2.32. The molecule has 1 aromatic rings. The number of halogens is 2. The fourth-order valence-corrected chi connectivity index (χ4v) is 5.09. The van der Waals surface area contributed by atoms with Crippen molar-refractivity contribution in [1.29, 1.82) is 0 Å². The van der Waals surface area contributed by atoms with Crippen molar-refractivity contribution >= 4 is 17.4 Å². The molecule has 37 heavy (non-hydrogen) atoms. The number of H-pyrrole nitrogens is 1. The first-order valence-electron chi connectivity index (χ1n) is 14.4. The number of carbonyl (C=O) groups excluding carboxylic acids is 1. The molecule has 210 valence electrons. The predicted octanol–water partition coefficient (Wildman–Crippen LogP) is 7.75. The maximum Gasteiger partial charge on any atom is 0.250 e. The van der Waals surface area contributed by atoms with Crippen molar-refractivity contribution in [2.45, 2.75) is 105 Å². The molecule has 3 N–H and O–H groups in total. The molecule has 1 saturated heterocycles. The van der Waals surface area contributed by atoms with Gasteiger partial charge < -0.3 is 20.5 Å². The van der Waals surface area contributed by atoms with Crippen molar-refractivity contribution in [3.63, 3.8) is 0 Å². The topological polar surface area (TPSA) is 60.2 Å². The summed E-state index contributed by atoms with van der Waals surface area (Å²) >= 11 is 0. The molecular weight excluding hydrogens is 470 g/mol. The monoisotopic (exact) mass is 520 g/mol. The molecule has 1 saturated carbocycles. The number of likely N-dealkylation sites (tertiary alicyclic amines) is 1. The molecule has 2 aliphatic heterocycles. The van der Waals surface area contributed by atoms with Gasteiger partial charge in [0.25, 0.3) is 5.92 Å². The molecule has 5 nitrogen and oxygen atoms in total. The Morgan fingerprint density at radius 2 is 1.78 bits per heavy atom. The second-order valence-corrected chi connectivity index (χ2v) is 10.7. The summed E-state index contributed by atoms with van der Waals surface area (Å²) in [5, 5.41) is 6.32. The number of carbonyl (C=O) groups is 1. The van der Waals surface area contributed by atoms with Crippen LogP contribution in [0.3, 0.4) is 0 Å². The standard InChI is InChI=1S/C15H21N3O.C12H21F2N.C3H8/c1-4-5-6-10(2)13-9-17-15-12(7-8-16-15)14(13)18-11(3)19;13-12(14)6-8-15(9-7-12)10-11-4-2-1-3-5-11;1-3-2/h6-8,16-17H,4-5,9H2,1-3H3,(H,18,19);11H,1-10H2;3H2,1-2H3/b10-6-;;. The molecule has 4 rings (SSSR count). The summed E-state index contributed by atoms with van der Waals surface area (Å²) < 4.78 is 25.9. The molecule has 0 bridgehead atoms. The normalized spacial score (nSPS) is 20.0. The lowest BCUT2D eigenvalue weighted by Gasteiger charge is -2.35. The molecule has 2 fully saturated rings. The van der Waals surface area contributed by atoms with Crippen LogP contribution in [0.1, 0.15) is 104 Å². The molecule has 3 heterocycles. The Morgan fingerprint density at radius 3 is 2.38 bits per heavy atom. The van der Waals surface area contributed by atoms with Crippen LogP contribution >= 0.6 is 0 Å². The van der Waals surface area contributed by atoms with Crippen molar-refractivity contribution < 1.29 is 13.6 Å². The van der Waals surface area contributed by atoms with Crippen LogP contribution in [0.15, 0.2) is 29.5 Å². The van der Waals surface area contributed by atoms with E-state index in [9.17, 15) is 13.6 Å². The first-order chi connectivity index (χ1) is 17.7. The number of anilines is 1. The van der Waals surface area contributed by atoms with Gasteiger partial charge in [0.05, 0.1) is 5.70 Å². The van der Waals surface area contributed by atoms with Gasteiger partial charge >= 0.3 is 0 Å². The zero-order valence-corrected chi connectivity index (χ0v) is 23.8.